The van der Waals surface area contributed by atoms with E-state index in [-0.39, 0.29) is 5.91 Å². The van der Waals surface area contributed by atoms with E-state index in [1.807, 2.05) is 6.07 Å². The molecule has 1 aromatic heterocycles. The van der Waals surface area contributed by atoms with Gasteiger partial charge < -0.3 is 10.4 Å². The van der Waals surface area contributed by atoms with Crippen LogP contribution in [-0.4, -0.2) is 34.2 Å². The Morgan fingerprint density at radius 3 is 2.19 bits per heavy atom. The Morgan fingerprint density at radius 1 is 1.11 bits per heavy atom. The van der Waals surface area contributed by atoms with E-state index in [9.17, 15) is 18.0 Å². The van der Waals surface area contributed by atoms with Crippen molar-refractivity contribution < 1.29 is 27.9 Å². The van der Waals surface area contributed by atoms with Crippen LogP contribution in [0.25, 0.3) is 0 Å². The molecule has 3 rings (SSSR count). The van der Waals surface area contributed by atoms with E-state index in [4.69, 9.17) is 9.90 Å². The lowest BCUT2D eigenvalue weighted by molar-refractivity contribution is -0.192. The maximum absolute atomic E-state index is 11.9. The lowest BCUT2D eigenvalue weighted by Gasteiger charge is -2.26. The average molecular weight is 382 g/mol. The summed E-state index contributed by atoms with van der Waals surface area (Å²) in [4.78, 5) is 25.0. The molecule has 2 fully saturated rings. The van der Waals surface area contributed by atoms with E-state index in [1.165, 1.54) is 32.1 Å². The zero-order valence-corrected chi connectivity index (χ0v) is 14.7. The van der Waals surface area contributed by atoms with E-state index in [0.29, 0.717) is 17.7 Å². The Bertz CT molecular complexity index is 710. The molecule has 2 aliphatic carbocycles. The summed E-state index contributed by atoms with van der Waals surface area (Å²) < 4.78 is 31.7. The molecular weight excluding hydrogens is 361 g/mol. The summed E-state index contributed by atoms with van der Waals surface area (Å²) in [6.07, 6.45) is 5.08. The topological polar surface area (TPSA) is 79.3 Å². The Morgan fingerprint density at radius 2 is 1.74 bits per heavy atom. The summed E-state index contributed by atoms with van der Waals surface area (Å²) >= 11 is 0. The highest BCUT2D eigenvalue weighted by Gasteiger charge is 2.38. The molecule has 1 heterocycles. The van der Waals surface area contributed by atoms with Gasteiger partial charge in [-0.3, -0.25) is 4.79 Å². The van der Waals surface area contributed by atoms with Crippen LogP contribution in [0.3, 0.4) is 0 Å². The Balaban J connectivity index is 0.000000321. The highest BCUT2D eigenvalue weighted by Crippen LogP contribution is 2.23. The third kappa shape index (κ3) is 6.93. The predicted molar refractivity (Wildman–Crippen MR) is 91.9 cm³/mol. The fraction of sp³-hybridized carbons (Fsp3) is 0.526. The second-order valence-corrected chi connectivity index (χ2v) is 6.59. The van der Waals surface area contributed by atoms with Crippen molar-refractivity contribution in [3.05, 3.63) is 29.6 Å². The number of alkyl halides is 3. The minimum Gasteiger partial charge on any atom is -0.475 e. The zero-order chi connectivity index (χ0) is 19.9. The number of hydrogen-bond donors (Lipinski definition) is 2. The summed E-state index contributed by atoms with van der Waals surface area (Å²) in [5.74, 6) is 4.21. The number of amides is 1. The maximum Gasteiger partial charge on any atom is 0.490 e. The van der Waals surface area contributed by atoms with Gasteiger partial charge in [0, 0.05) is 23.7 Å². The number of rotatable bonds is 2. The molecule has 2 N–H and O–H groups in total. The summed E-state index contributed by atoms with van der Waals surface area (Å²) in [7, 11) is 0. The number of carbonyl (C=O) groups is 2. The number of aliphatic carboxylic acids is 1. The number of carboxylic acid groups (broad SMARTS) is 1. The van der Waals surface area contributed by atoms with Gasteiger partial charge in [-0.15, -0.1) is 0 Å². The molecule has 1 aromatic rings. The minimum atomic E-state index is -5.08. The van der Waals surface area contributed by atoms with Crippen molar-refractivity contribution in [2.75, 3.05) is 0 Å². The van der Waals surface area contributed by atoms with E-state index in [2.05, 4.69) is 22.1 Å². The van der Waals surface area contributed by atoms with Crippen molar-refractivity contribution in [1.29, 1.82) is 0 Å². The first-order valence-corrected chi connectivity index (χ1v) is 8.84. The molecular formula is C19H21F3N2O3. The Labute approximate surface area is 155 Å². The molecule has 0 unspecified atom stereocenters. The van der Waals surface area contributed by atoms with Gasteiger partial charge in [-0.25, -0.2) is 9.78 Å². The number of nitrogens with one attached hydrogen (secondary N) is 1. The van der Waals surface area contributed by atoms with E-state index in [0.717, 1.165) is 18.4 Å². The van der Waals surface area contributed by atoms with Crippen molar-refractivity contribution in [2.45, 2.75) is 57.2 Å². The predicted octanol–water partition coefficient (Wildman–Crippen LogP) is 3.54. The van der Waals surface area contributed by atoms with Crippen molar-refractivity contribution in [2.24, 2.45) is 5.92 Å². The minimum absolute atomic E-state index is 0.0648. The second-order valence-electron chi connectivity index (χ2n) is 6.59. The van der Waals surface area contributed by atoms with Gasteiger partial charge >= 0.3 is 12.1 Å². The highest BCUT2D eigenvalue weighted by atomic mass is 19.4. The average Bonchev–Trinajstić information content (AvgIpc) is 3.10. The smallest absolute Gasteiger partial charge is 0.475 e. The van der Waals surface area contributed by atoms with Crippen molar-refractivity contribution >= 4 is 11.9 Å². The number of pyridine rings is 1. The molecule has 0 aromatic carbocycles. The van der Waals surface area contributed by atoms with Gasteiger partial charge in [-0.2, -0.15) is 13.2 Å². The number of hydrogen-bond acceptors (Lipinski definition) is 3. The van der Waals surface area contributed by atoms with Crippen LogP contribution in [0.15, 0.2) is 18.3 Å². The third-order valence-corrected chi connectivity index (χ3v) is 4.45. The van der Waals surface area contributed by atoms with Gasteiger partial charge in [0.2, 0.25) is 0 Å². The highest BCUT2D eigenvalue weighted by molar-refractivity contribution is 5.92. The molecule has 27 heavy (non-hydrogen) atoms. The summed E-state index contributed by atoms with van der Waals surface area (Å²) in [5, 5.41) is 10.1. The van der Waals surface area contributed by atoms with Crippen LogP contribution in [0.5, 0.6) is 0 Å². The summed E-state index contributed by atoms with van der Waals surface area (Å²) in [6.45, 7) is 0. The molecule has 8 heteroatoms. The number of nitrogens with zero attached hydrogens (tertiary/aromatic N) is 1. The van der Waals surface area contributed by atoms with Gasteiger partial charge in [0.05, 0.1) is 0 Å². The monoisotopic (exact) mass is 382 g/mol. The number of carboxylic acids is 1. The van der Waals surface area contributed by atoms with Crippen LogP contribution < -0.4 is 5.32 Å². The van der Waals surface area contributed by atoms with Crippen molar-refractivity contribution in [3.8, 4) is 11.8 Å². The maximum atomic E-state index is 11.9. The van der Waals surface area contributed by atoms with E-state index >= 15 is 0 Å². The normalized spacial score (nSPS) is 17.0. The van der Waals surface area contributed by atoms with E-state index < -0.39 is 12.1 Å². The van der Waals surface area contributed by atoms with E-state index in [1.54, 1.807) is 12.3 Å². The van der Waals surface area contributed by atoms with Crippen LogP contribution >= 0.6 is 0 Å². The molecule has 5 nitrogen and oxygen atoms in total. The van der Waals surface area contributed by atoms with Crippen molar-refractivity contribution in [3.63, 3.8) is 0 Å². The lowest BCUT2D eigenvalue weighted by Crippen LogP contribution is -2.39. The molecule has 0 atom stereocenters. The van der Waals surface area contributed by atoms with Crippen LogP contribution in [0, 0.1) is 17.8 Å². The van der Waals surface area contributed by atoms with Crippen LogP contribution in [-0.2, 0) is 4.79 Å². The summed E-state index contributed by atoms with van der Waals surface area (Å²) in [6, 6.07) is 4.02. The SMILES string of the molecule is O=C(NC1CCC1)c1ccc(C#CC2CCCC2)cn1.O=C(O)C(F)(F)F. The number of halogens is 3. The molecule has 2 aliphatic rings. The van der Waals surface area contributed by atoms with Gasteiger partial charge in [0.1, 0.15) is 5.69 Å². The molecule has 146 valence electrons. The molecule has 0 bridgehead atoms. The van der Waals surface area contributed by atoms with Crippen LogP contribution in [0.4, 0.5) is 13.2 Å². The van der Waals surface area contributed by atoms with Gasteiger partial charge in [-0.05, 0) is 44.2 Å². The molecule has 0 aliphatic heterocycles. The molecule has 0 saturated heterocycles. The van der Waals surface area contributed by atoms with Crippen LogP contribution in [0.1, 0.15) is 61.0 Å². The molecule has 0 radical (unpaired) electrons. The van der Waals surface area contributed by atoms with Gasteiger partial charge in [0.15, 0.2) is 0 Å². The van der Waals surface area contributed by atoms with Gasteiger partial charge in [-0.1, -0.05) is 24.7 Å². The van der Waals surface area contributed by atoms with Crippen LogP contribution in [0.2, 0.25) is 0 Å². The molecule has 2 saturated carbocycles. The number of carbonyl (C=O) groups excluding carboxylic acids is 1. The lowest BCUT2D eigenvalue weighted by atomic mass is 9.93. The molecule has 0 spiro atoms. The van der Waals surface area contributed by atoms with Gasteiger partial charge in [0.25, 0.3) is 5.91 Å². The first-order chi connectivity index (χ1) is 12.8. The third-order valence-electron chi connectivity index (χ3n) is 4.45. The molecule has 1 amide bonds. The number of aromatic nitrogens is 1. The standard InChI is InChI=1S/C17H20N2O.C2HF3O2/c20-17(19-15-6-3-7-15)16-11-10-14(12-18-16)9-8-13-4-1-2-5-13;3-2(4,5)1(6)7/h10-13,15H,1-7H2,(H,19,20);(H,6,7). The summed E-state index contributed by atoms with van der Waals surface area (Å²) in [5.41, 5.74) is 1.39. The Hall–Kier alpha value is -2.56. The first kappa shape index (κ1) is 20.7. The Kier molecular flexibility index (Phi) is 7.22. The van der Waals surface area contributed by atoms with Crippen molar-refractivity contribution in [1.82, 2.24) is 10.3 Å². The first-order valence-electron chi connectivity index (χ1n) is 8.84. The largest absolute Gasteiger partial charge is 0.490 e. The fourth-order valence-electron chi connectivity index (χ4n) is 2.67. The zero-order valence-electron chi connectivity index (χ0n) is 14.7. The fourth-order valence-corrected chi connectivity index (χ4v) is 2.67. The second kappa shape index (κ2) is 9.40. The quantitative estimate of drug-likeness (QED) is 0.767.